The van der Waals surface area contributed by atoms with Gasteiger partial charge in [-0.2, -0.15) is 0 Å². The van der Waals surface area contributed by atoms with Gasteiger partial charge in [0.1, 0.15) is 11.4 Å². The molecular weight excluding hydrogens is 274 g/mol. The Hall–Kier alpha value is -2.88. The highest BCUT2D eigenvalue weighted by atomic mass is 16.5. The molecule has 0 amide bonds. The molecule has 0 saturated carbocycles. The summed E-state index contributed by atoms with van der Waals surface area (Å²) in [5.41, 5.74) is 7.96. The molecule has 3 rings (SSSR count). The fraction of sp³-hybridized carbons (Fsp3) is 0.111. The molecule has 0 aliphatic carbocycles. The molecule has 0 aliphatic rings. The van der Waals surface area contributed by atoms with Crippen LogP contribution < -0.4 is 10.5 Å². The molecule has 2 N–H and O–H groups in total. The molecule has 110 valence electrons. The van der Waals surface area contributed by atoms with E-state index in [9.17, 15) is 0 Å². The fourth-order valence-electron chi connectivity index (χ4n) is 2.31. The number of azo groups is 1. The van der Waals surface area contributed by atoms with Crippen LogP contribution in [-0.2, 0) is 0 Å². The molecule has 0 heterocycles. The predicted molar refractivity (Wildman–Crippen MR) is 90.1 cm³/mol. The van der Waals surface area contributed by atoms with Gasteiger partial charge in [-0.25, -0.2) is 0 Å². The number of benzene rings is 3. The Bertz CT molecular complexity index is 827. The monoisotopic (exact) mass is 291 g/mol. The van der Waals surface area contributed by atoms with Crippen molar-refractivity contribution in [2.75, 3.05) is 12.3 Å². The lowest BCUT2D eigenvalue weighted by atomic mass is 10.1. The summed E-state index contributed by atoms with van der Waals surface area (Å²) in [7, 11) is 0. The van der Waals surface area contributed by atoms with Crippen LogP contribution in [0.3, 0.4) is 0 Å². The van der Waals surface area contributed by atoms with E-state index >= 15 is 0 Å². The molecular formula is C18H17N3O. The molecule has 0 saturated heterocycles. The van der Waals surface area contributed by atoms with Crippen molar-refractivity contribution < 1.29 is 4.74 Å². The van der Waals surface area contributed by atoms with E-state index in [1.807, 2.05) is 67.6 Å². The van der Waals surface area contributed by atoms with Gasteiger partial charge in [-0.15, -0.1) is 10.2 Å². The summed E-state index contributed by atoms with van der Waals surface area (Å²) in [4.78, 5) is 0. The molecule has 0 spiro atoms. The number of nitrogens with two attached hydrogens (primary N) is 1. The molecule has 0 radical (unpaired) electrons. The molecule has 0 aromatic heterocycles. The summed E-state index contributed by atoms with van der Waals surface area (Å²) in [6.07, 6.45) is 0. The number of hydrogen-bond donors (Lipinski definition) is 1. The van der Waals surface area contributed by atoms with Crippen molar-refractivity contribution in [3.05, 3.63) is 60.7 Å². The zero-order valence-electron chi connectivity index (χ0n) is 12.4. The van der Waals surface area contributed by atoms with Gasteiger partial charge < -0.3 is 10.5 Å². The molecule has 0 bridgehead atoms. The van der Waals surface area contributed by atoms with Crippen molar-refractivity contribution in [3.8, 4) is 5.75 Å². The zero-order chi connectivity index (χ0) is 15.4. The number of ether oxygens (including phenoxy) is 1. The van der Waals surface area contributed by atoms with Crippen molar-refractivity contribution in [2.45, 2.75) is 6.92 Å². The highest BCUT2D eigenvalue weighted by molar-refractivity contribution is 5.96. The lowest BCUT2D eigenvalue weighted by Gasteiger charge is -2.08. The number of rotatable bonds is 4. The van der Waals surface area contributed by atoms with Crippen LogP contribution >= 0.6 is 0 Å². The van der Waals surface area contributed by atoms with Gasteiger partial charge >= 0.3 is 0 Å². The van der Waals surface area contributed by atoms with Gasteiger partial charge in [0.15, 0.2) is 0 Å². The Morgan fingerprint density at radius 2 is 1.50 bits per heavy atom. The maximum atomic E-state index is 5.89. The molecule has 0 fully saturated rings. The van der Waals surface area contributed by atoms with Crippen LogP contribution in [-0.4, -0.2) is 6.61 Å². The van der Waals surface area contributed by atoms with Crippen LogP contribution in [0.5, 0.6) is 5.75 Å². The maximum absolute atomic E-state index is 5.89. The van der Waals surface area contributed by atoms with E-state index in [0.717, 1.165) is 22.2 Å². The van der Waals surface area contributed by atoms with Gasteiger partial charge in [0.25, 0.3) is 0 Å². The smallest absolute Gasteiger partial charge is 0.127 e. The fourth-order valence-corrected chi connectivity index (χ4v) is 2.31. The molecule has 0 atom stereocenters. The molecule has 22 heavy (non-hydrogen) atoms. The first kappa shape index (κ1) is 14.1. The van der Waals surface area contributed by atoms with E-state index in [-0.39, 0.29) is 0 Å². The van der Waals surface area contributed by atoms with Gasteiger partial charge in [-0.3, -0.25) is 0 Å². The van der Waals surface area contributed by atoms with Crippen LogP contribution in [0.4, 0.5) is 17.1 Å². The van der Waals surface area contributed by atoms with Crippen LogP contribution in [0.25, 0.3) is 10.8 Å². The Kier molecular flexibility index (Phi) is 4.01. The minimum absolute atomic E-state index is 0.612. The Morgan fingerprint density at radius 1 is 0.818 bits per heavy atom. The van der Waals surface area contributed by atoms with Gasteiger partial charge in [-0.1, -0.05) is 36.4 Å². The lowest BCUT2D eigenvalue weighted by molar-refractivity contribution is 0.344. The molecule has 4 heteroatoms. The van der Waals surface area contributed by atoms with Crippen molar-refractivity contribution >= 4 is 27.8 Å². The summed E-state index contributed by atoms with van der Waals surface area (Å²) < 4.78 is 5.66. The third-order valence-electron chi connectivity index (χ3n) is 3.36. The third-order valence-corrected chi connectivity index (χ3v) is 3.36. The molecule has 3 aromatic carbocycles. The van der Waals surface area contributed by atoms with Crippen molar-refractivity contribution in [1.82, 2.24) is 0 Å². The first-order chi connectivity index (χ1) is 10.8. The zero-order valence-corrected chi connectivity index (χ0v) is 12.4. The molecule has 0 aliphatic heterocycles. The highest BCUT2D eigenvalue weighted by Crippen LogP contribution is 2.34. The summed E-state index contributed by atoms with van der Waals surface area (Å²) in [5.74, 6) is 0.858. The summed E-state index contributed by atoms with van der Waals surface area (Å²) in [6, 6.07) is 19.3. The standard InChI is InChI=1S/C18H17N3O/c1-2-22-18-12-11-16(13-7-3-4-8-14(13)18)20-21-17-10-6-5-9-15(17)19/h3-12H,2,19H2,1H3. The first-order valence-corrected chi connectivity index (χ1v) is 7.20. The quantitative estimate of drug-likeness (QED) is 0.528. The molecule has 0 unspecified atom stereocenters. The number of nitrogens with zero attached hydrogens (tertiary/aromatic N) is 2. The first-order valence-electron chi connectivity index (χ1n) is 7.20. The van der Waals surface area contributed by atoms with Crippen LogP contribution in [0.15, 0.2) is 70.9 Å². The SMILES string of the molecule is CCOc1ccc(N=Nc2ccccc2N)c2ccccc12. The van der Waals surface area contributed by atoms with E-state index in [0.29, 0.717) is 18.0 Å². The average Bonchev–Trinajstić information content (AvgIpc) is 2.56. The minimum atomic E-state index is 0.612. The maximum Gasteiger partial charge on any atom is 0.127 e. The number of hydrogen-bond acceptors (Lipinski definition) is 4. The second kappa shape index (κ2) is 6.26. The summed E-state index contributed by atoms with van der Waals surface area (Å²) in [6.45, 7) is 2.60. The molecule has 4 nitrogen and oxygen atoms in total. The Labute approximate surface area is 129 Å². The third kappa shape index (κ3) is 2.76. The normalized spacial score (nSPS) is 11.1. The van der Waals surface area contributed by atoms with Crippen molar-refractivity contribution in [3.63, 3.8) is 0 Å². The van der Waals surface area contributed by atoms with Crippen LogP contribution in [0, 0.1) is 0 Å². The number of anilines is 1. The minimum Gasteiger partial charge on any atom is -0.493 e. The highest BCUT2D eigenvalue weighted by Gasteiger charge is 2.06. The van der Waals surface area contributed by atoms with Crippen LogP contribution in [0.1, 0.15) is 6.92 Å². The van der Waals surface area contributed by atoms with Crippen molar-refractivity contribution in [2.24, 2.45) is 10.2 Å². The van der Waals surface area contributed by atoms with E-state index in [2.05, 4.69) is 10.2 Å². The van der Waals surface area contributed by atoms with Crippen molar-refractivity contribution in [1.29, 1.82) is 0 Å². The van der Waals surface area contributed by atoms with E-state index in [1.54, 1.807) is 0 Å². The van der Waals surface area contributed by atoms with Crippen LogP contribution in [0.2, 0.25) is 0 Å². The van der Waals surface area contributed by atoms with Gasteiger partial charge in [0.2, 0.25) is 0 Å². The second-order valence-corrected chi connectivity index (χ2v) is 4.82. The Morgan fingerprint density at radius 3 is 2.27 bits per heavy atom. The molecule has 3 aromatic rings. The Balaban J connectivity index is 2.05. The summed E-state index contributed by atoms with van der Waals surface area (Å²) in [5, 5.41) is 10.7. The predicted octanol–water partition coefficient (Wildman–Crippen LogP) is 5.24. The van der Waals surface area contributed by atoms with E-state index in [4.69, 9.17) is 10.5 Å². The van der Waals surface area contributed by atoms with Gasteiger partial charge in [0, 0.05) is 10.8 Å². The van der Waals surface area contributed by atoms with E-state index < -0.39 is 0 Å². The van der Waals surface area contributed by atoms with E-state index in [1.165, 1.54) is 0 Å². The number of nitrogen functional groups attached to an aromatic ring is 1. The number of para-hydroxylation sites is 1. The number of fused-ring (bicyclic) bond motifs is 1. The van der Waals surface area contributed by atoms with Gasteiger partial charge in [0.05, 0.1) is 18.0 Å². The lowest BCUT2D eigenvalue weighted by Crippen LogP contribution is -1.92. The second-order valence-electron chi connectivity index (χ2n) is 4.82. The largest absolute Gasteiger partial charge is 0.493 e. The topological polar surface area (TPSA) is 60.0 Å². The summed E-state index contributed by atoms with van der Waals surface area (Å²) >= 11 is 0. The average molecular weight is 291 g/mol. The van der Waals surface area contributed by atoms with Gasteiger partial charge in [-0.05, 0) is 31.2 Å².